The van der Waals surface area contributed by atoms with E-state index in [1.165, 1.54) is 12.8 Å². The monoisotopic (exact) mass is 181 g/mol. The highest BCUT2D eigenvalue weighted by Crippen LogP contribution is 2.27. The lowest BCUT2D eigenvalue weighted by molar-refractivity contribution is 0.269. The molecule has 13 heavy (non-hydrogen) atoms. The topological polar surface area (TPSA) is 79.6 Å². The molecule has 1 unspecified atom stereocenters. The Labute approximate surface area is 77.1 Å². The van der Waals surface area contributed by atoms with Crippen molar-refractivity contribution in [3.05, 3.63) is 5.82 Å². The Morgan fingerprint density at radius 3 is 2.85 bits per heavy atom. The van der Waals surface area contributed by atoms with Crippen LogP contribution in [0.4, 0.5) is 5.95 Å². The molecule has 1 atom stereocenters. The first-order valence-corrected chi connectivity index (χ1v) is 4.64. The average Bonchev–Trinajstić information content (AvgIpc) is 2.54. The van der Waals surface area contributed by atoms with Crippen LogP contribution in [-0.4, -0.2) is 21.7 Å². The van der Waals surface area contributed by atoms with Crippen molar-refractivity contribution in [2.75, 3.05) is 12.3 Å². The van der Waals surface area contributed by atoms with Crippen LogP contribution < -0.4 is 11.1 Å². The molecule has 1 aromatic rings. The van der Waals surface area contributed by atoms with Gasteiger partial charge in [0.1, 0.15) is 5.82 Å². The van der Waals surface area contributed by atoms with Gasteiger partial charge >= 0.3 is 0 Å². The maximum absolute atomic E-state index is 5.46. The highest BCUT2D eigenvalue weighted by atomic mass is 15.3. The molecule has 0 spiro atoms. The van der Waals surface area contributed by atoms with Gasteiger partial charge < -0.3 is 11.1 Å². The minimum atomic E-state index is -0.0666. The number of piperidine rings is 1. The molecule has 1 aliphatic heterocycles. The molecule has 0 aliphatic carbocycles. The molecule has 0 amide bonds. The van der Waals surface area contributed by atoms with E-state index in [1.54, 1.807) is 0 Å². The Morgan fingerprint density at radius 2 is 2.31 bits per heavy atom. The summed E-state index contributed by atoms with van der Waals surface area (Å²) in [5, 5.41) is 10.1. The summed E-state index contributed by atoms with van der Waals surface area (Å²) < 4.78 is 0. The molecule has 5 nitrogen and oxygen atoms in total. The van der Waals surface area contributed by atoms with Gasteiger partial charge in [0.2, 0.25) is 5.95 Å². The number of nitrogen functional groups attached to an aromatic ring is 1. The van der Waals surface area contributed by atoms with Crippen LogP contribution in [0.5, 0.6) is 0 Å². The second-order valence-electron chi connectivity index (χ2n) is 3.76. The van der Waals surface area contributed by atoms with Crippen molar-refractivity contribution in [1.29, 1.82) is 0 Å². The number of nitrogens with zero attached hydrogens (tertiary/aromatic N) is 2. The van der Waals surface area contributed by atoms with E-state index in [2.05, 4.69) is 27.4 Å². The number of H-pyrrole nitrogens is 1. The average molecular weight is 181 g/mol. The van der Waals surface area contributed by atoms with E-state index in [0.717, 1.165) is 18.8 Å². The molecular formula is C8H15N5. The van der Waals surface area contributed by atoms with Crippen molar-refractivity contribution in [2.45, 2.75) is 31.7 Å². The van der Waals surface area contributed by atoms with Crippen LogP contribution in [-0.2, 0) is 5.54 Å². The minimum Gasteiger partial charge on any atom is -0.367 e. The molecule has 1 aromatic heterocycles. The van der Waals surface area contributed by atoms with Gasteiger partial charge in [-0.05, 0) is 32.7 Å². The van der Waals surface area contributed by atoms with Crippen LogP contribution in [0.15, 0.2) is 0 Å². The zero-order valence-electron chi connectivity index (χ0n) is 7.80. The molecule has 1 aliphatic rings. The Balaban J connectivity index is 2.22. The molecule has 0 bridgehead atoms. The molecule has 0 radical (unpaired) electrons. The van der Waals surface area contributed by atoms with Crippen LogP contribution in [0.3, 0.4) is 0 Å². The lowest BCUT2D eigenvalue weighted by atomic mass is 9.90. The van der Waals surface area contributed by atoms with Gasteiger partial charge in [0.25, 0.3) is 0 Å². The molecule has 4 N–H and O–H groups in total. The first kappa shape index (κ1) is 8.50. The summed E-state index contributed by atoms with van der Waals surface area (Å²) in [5.74, 6) is 1.17. The first-order valence-electron chi connectivity index (χ1n) is 4.64. The van der Waals surface area contributed by atoms with Crippen molar-refractivity contribution >= 4 is 5.95 Å². The van der Waals surface area contributed by atoms with Crippen LogP contribution in [0.1, 0.15) is 32.0 Å². The minimum absolute atomic E-state index is 0.0666. The van der Waals surface area contributed by atoms with Gasteiger partial charge in [0.05, 0.1) is 5.54 Å². The lowest BCUT2D eigenvalue weighted by Gasteiger charge is -2.32. The number of aromatic nitrogens is 3. The van der Waals surface area contributed by atoms with E-state index < -0.39 is 0 Å². The number of aromatic amines is 1. The van der Waals surface area contributed by atoms with E-state index in [-0.39, 0.29) is 5.54 Å². The highest BCUT2D eigenvalue weighted by Gasteiger charge is 2.31. The summed E-state index contributed by atoms with van der Waals surface area (Å²) in [4.78, 5) is 4.15. The maximum Gasteiger partial charge on any atom is 0.239 e. The summed E-state index contributed by atoms with van der Waals surface area (Å²) in [6.45, 7) is 3.17. The quantitative estimate of drug-likeness (QED) is 0.585. The van der Waals surface area contributed by atoms with E-state index >= 15 is 0 Å². The van der Waals surface area contributed by atoms with Gasteiger partial charge in [-0.15, -0.1) is 5.10 Å². The maximum atomic E-state index is 5.46. The van der Waals surface area contributed by atoms with E-state index in [0.29, 0.717) is 5.95 Å². The van der Waals surface area contributed by atoms with Crippen molar-refractivity contribution in [3.63, 3.8) is 0 Å². The fourth-order valence-corrected chi connectivity index (χ4v) is 1.78. The summed E-state index contributed by atoms with van der Waals surface area (Å²) in [6.07, 6.45) is 3.55. The van der Waals surface area contributed by atoms with Gasteiger partial charge in [0, 0.05) is 0 Å². The standard InChI is InChI=1S/C8H15N5/c1-8(4-2-3-5-10-8)6-11-7(9)13-12-6/h10H,2-5H2,1H3,(H3,9,11,12,13). The third kappa shape index (κ3) is 1.51. The summed E-state index contributed by atoms with van der Waals surface area (Å²) >= 11 is 0. The summed E-state index contributed by atoms with van der Waals surface area (Å²) in [5.41, 5.74) is 5.40. The van der Waals surface area contributed by atoms with Gasteiger partial charge in [-0.3, -0.25) is 5.10 Å². The first-order chi connectivity index (χ1) is 6.21. The largest absolute Gasteiger partial charge is 0.367 e. The molecular weight excluding hydrogens is 166 g/mol. The molecule has 2 heterocycles. The third-order valence-electron chi connectivity index (χ3n) is 2.64. The van der Waals surface area contributed by atoms with Crippen molar-refractivity contribution in [1.82, 2.24) is 20.5 Å². The predicted molar refractivity (Wildman–Crippen MR) is 50.0 cm³/mol. The Hall–Kier alpha value is -1.10. The molecule has 1 fully saturated rings. The number of anilines is 1. The fraction of sp³-hybridized carbons (Fsp3) is 0.750. The molecule has 0 aromatic carbocycles. The van der Waals surface area contributed by atoms with Crippen LogP contribution in [0.25, 0.3) is 0 Å². The van der Waals surface area contributed by atoms with Gasteiger partial charge in [-0.2, -0.15) is 4.98 Å². The summed E-state index contributed by atoms with van der Waals surface area (Å²) in [7, 11) is 0. The number of hydrogen-bond donors (Lipinski definition) is 3. The molecule has 72 valence electrons. The van der Waals surface area contributed by atoms with Crippen molar-refractivity contribution < 1.29 is 0 Å². The fourth-order valence-electron chi connectivity index (χ4n) is 1.78. The van der Waals surface area contributed by atoms with Crippen LogP contribution in [0, 0.1) is 0 Å². The third-order valence-corrected chi connectivity index (χ3v) is 2.64. The smallest absolute Gasteiger partial charge is 0.239 e. The van der Waals surface area contributed by atoms with Gasteiger partial charge in [0.15, 0.2) is 0 Å². The normalized spacial score (nSPS) is 29.0. The molecule has 0 saturated carbocycles. The van der Waals surface area contributed by atoms with E-state index in [9.17, 15) is 0 Å². The number of nitrogens with one attached hydrogen (secondary N) is 2. The number of hydrogen-bond acceptors (Lipinski definition) is 4. The van der Waals surface area contributed by atoms with Gasteiger partial charge in [-0.25, -0.2) is 0 Å². The Bertz CT molecular complexity index is 286. The van der Waals surface area contributed by atoms with Crippen molar-refractivity contribution in [2.24, 2.45) is 0 Å². The number of rotatable bonds is 1. The predicted octanol–water partition coefficient (Wildman–Crippen LogP) is 0.376. The second kappa shape index (κ2) is 2.99. The zero-order chi connectivity index (χ0) is 9.31. The summed E-state index contributed by atoms with van der Waals surface area (Å²) in [6, 6.07) is 0. The highest BCUT2D eigenvalue weighted by molar-refractivity contribution is 5.17. The second-order valence-corrected chi connectivity index (χ2v) is 3.76. The Morgan fingerprint density at radius 1 is 1.46 bits per heavy atom. The molecule has 5 heteroatoms. The van der Waals surface area contributed by atoms with Crippen LogP contribution >= 0.6 is 0 Å². The zero-order valence-corrected chi connectivity index (χ0v) is 7.80. The molecule has 1 saturated heterocycles. The SMILES string of the molecule is CC1(c2nc(N)n[nH]2)CCCCN1. The lowest BCUT2D eigenvalue weighted by Crippen LogP contribution is -2.44. The molecule has 2 rings (SSSR count). The van der Waals surface area contributed by atoms with E-state index in [1.807, 2.05) is 0 Å². The Kier molecular flexibility index (Phi) is 1.95. The number of nitrogens with two attached hydrogens (primary N) is 1. The van der Waals surface area contributed by atoms with E-state index in [4.69, 9.17) is 5.73 Å². The van der Waals surface area contributed by atoms with Crippen molar-refractivity contribution in [3.8, 4) is 0 Å². The van der Waals surface area contributed by atoms with Gasteiger partial charge in [-0.1, -0.05) is 0 Å². The van der Waals surface area contributed by atoms with Crippen LogP contribution in [0.2, 0.25) is 0 Å².